The summed E-state index contributed by atoms with van der Waals surface area (Å²) in [6.45, 7) is -0.545. The number of hydrogen-bond donors (Lipinski definition) is 4. The van der Waals surface area contributed by atoms with Crippen molar-refractivity contribution >= 4 is 23.8 Å². The van der Waals surface area contributed by atoms with Crippen molar-refractivity contribution in [1.29, 1.82) is 0 Å². The number of carboxylic acid groups (broad SMARTS) is 1. The fourth-order valence-electron chi connectivity index (χ4n) is 1.33. The first kappa shape index (κ1) is 13.9. The number of urea groups is 1. The second-order valence-electron chi connectivity index (χ2n) is 3.70. The van der Waals surface area contributed by atoms with Crippen LogP contribution in [0.15, 0.2) is 0 Å². The second kappa shape index (κ2) is 5.96. The Bertz CT molecular complexity index is 366. The van der Waals surface area contributed by atoms with Gasteiger partial charge in [-0.1, -0.05) is 0 Å². The summed E-state index contributed by atoms with van der Waals surface area (Å²) in [5, 5.41) is 21.7. The molecule has 4 amide bonds. The van der Waals surface area contributed by atoms with Gasteiger partial charge >= 0.3 is 12.0 Å². The molecule has 9 heteroatoms. The summed E-state index contributed by atoms with van der Waals surface area (Å²) in [5.41, 5.74) is 0. The van der Waals surface area contributed by atoms with Crippen LogP contribution in [0, 0.1) is 0 Å². The van der Waals surface area contributed by atoms with Crippen LogP contribution < -0.4 is 10.6 Å². The molecule has 1 aliphatic rings. The van der Waals surface area contributed by atoms with Gasteiger partial charge in [-0.25, -0.2) is 9.59 Å². The maximum absolute atomic E-state index is 11.5. The Kier molecular flexibility index (Phi) is 4.60. The van der Waals surface area contributed by atoms with Crippen molar-refractivity contribution in [3.05, 3.63) is 0 Å². The number of hydrogen-bond acceptors (Lipinski definition) is 5. The molecule has 1 rings (SSSR count). The Morgan fingerprint density at radius 3 is 2.39 bits per heavy atom. The standard InChI is InChI=1S/C9H13N3O6/c13-5(8(16)17)1-2-10-9(18)12-3-6(14)11-7(15)4-12/h5,13H,1-4H2,(H,10,18)(H,16,17)(H,11,14,15). The maximum Gasteiger partial charge on any atom is 0.332 e. The molecule has 0 aromatic rings. The zero-order valence-corrected chi connectivity index (χ0v) is 9.38. The highest BCUT2D eigenvalue weighted by Gasteiger charge is 2.26. The van der Waals surface area contributed by atoms with Crippen molar-refractivity contribution in [3.8, 4) is 0 Å². The summed E-state index contributed by atoms with van der Waals surface area (Å²) < 4.78 is 0. The van der Waals surface area contributed by atoms with Gasteiger partial charge in [0.25, 0.3) is 0 Å². The summed E-state index contributed by atoms with van der Waals surface area (Å²) in [7, 11) is 0. The lowest BCUT2D eigenvalue weighted by Gasteiger charge is -2.25. The zero-order valence-electron chi connectivity index (χ0n) is 9.38. The first-order valence-electron chi connectivity index (χ1n) is 5.16. The third kappa shape index (κ3) is 4.01. The second-order valence-corrected chi connectivity index (χ2v) is 3.70. The van der Waals surface area contributed by atoms with E-state index in [1.54, 1.807) is 0 Å². The third-order valence-electron chi connectivity index (χ3n) is 2.21. The number of carboxylic acids is 1. The molecule has 1 aliphatic heterocycles. The average molecular weight is 259 g/mol. The number of nitrogens with zero attached hydrogens (tertiary/aromatic N) is 1. The van der Waals surface area contributed by atoms with E-state index < -0.39 is 29.9 Å². The van der Waals surface area contributed by atoms with E-state index in [9.17, 15) is 19.2 Å². The number of aliphatic carboxylic acids is 1. The molecule has 9 nitrogen and oxygen atoms in total. The van der Waals surface area contributed by atoms with E-state index >= 15 is 0 Å². The predicted octanol–water partition coefficient (Wildman–Crippen LogP) is -2.51. The van der Waals surface area contributed by atoms with E-state index in [4.69, 9.17) is 10.2 Å². The smallest absolute Gasteiger partial charge is 0.332 e. The lowest BCUT2D eigenvalue weighted by Crippen LogP contribution is -2.55. The van der Waals surface area contributed by atoms with Crippen LogP contribution in [0.4, 0.5) is 4.79 Å². The Balaban J connectivity index is 2.34. The number of piperazine rings is 1. The number of nitrogens with one attached hydrogen (secondary N) is 2. The van der Waals surface area contributed by atoms with Gasteiger partial charge in [0.2, 0.25) is 11.8 Å². The molecule has 0 bridgehead atoms. The molecular formula is C9H13N3O6. The molecule has 1 fully saturated rings. The van der Waals surface area contributed by atoms with Crippen molar-refractivity contribution in [1.82, 2.24) is 15.5 Å². The molecule has 100 valence electrons. The molecule has 1 atom stereocenters. The number of imide groups is 1. The van der Waals surface area contributed by atoms with Crippen molar-refractivity contribution in [2.24, 2.45) is 0 Å². The Labute approximate surface area is 102 Å². The quantitative estimate of drug-likeness (QED) is 0.412. The molecule has 4 N–H and O–H groups in total. The minimum Gasteiger partial charge on any atom is -0.479 e. The molecule has 1 saturated heterocycles. The number of carbonyl (C=O) groups excluding carboxylic acids is 3. The third-order valence-corrected chi connectivity index (χ3v) is 2.21. The summed E-state index contributed by atoms with van der Waals surface area (Å²) in [4.78, 5) is 44.8. The lowest BCUT2D eigenvalue weighted by atomic mass is 10.2. The lowest BCUT2D eigenvalue weighted by molar-refractivity contribution is -0.146. The molecule has 0 saturated carbocycles. The number of aliphatic hydroxyl groups excluding tert-OH is 1. The Morgan fingerprint density at radius 2 is 1.89 bits per heavy atom. The van der Waals surface area contributed by atoms with Crippen LogP contribution in [0.3, 0.4) is 0 Å². The molecular weight excluding hydrogens is 246 g/mol. The van der Waals surface area contributed by atoms with E-state index in [-0.39, 0.29) is 26.1 Å². The van der Waals surface area contributed by atoms with Crippen LogP contribution in [0.2, 0.25) is 0 Å². The molecule has 18 heavy (non-hydrogen) atoms. The number of carbonyl (C=O) groups is 4. The van der Waals surface area contributed by atoms with Gasteiger partial charge in [0.1, 0.15) is 13.1 Å². The SMILES string of the molecule is O=C1CN(C(=O)NCCC(O)C(=O)O)CC(=O)N1. The molecule has 0 aromatic carbocycles. The van der Waals surface area contributed by atoms with Crippen molar-refractivity contribution in [3.63, 3.8) is 0 Å². The van der Waals surface area contributed by atoms with Gasteiger partial charge in [0.05, 0.1) is 0 Å². The van der Waals surface area contributed by atoms with Crippen LogP contribution in [0.5, 0.6) is 0 Å². The van der Waals surface area contributed by atoms with Gasteiger partial charge in [0.15, 0.2) is 6.10 Å². The fraction of sp³-hybridized carbons (Fsp3) is 0.556. The normalized spacial score (nSPS) is 17.1. The van der Waals surface area contributed by atoms with Gasteiger partial charge < -0.3 is 20.4 Å². The number of aliphatic hydroxyl groups is 1. The molecule has 0 aromatic heterocycles. The summed E-state index contributed by atoms with van der Waals surface area (Å²) in [6.07, 6.45) is -1.72. The maximum atomic E-state index is 11.5. The molecule has 0 spiro atoms. The summed E-state index contributed by atoms with van der Waals surface area (Å²) in [5.74, 6) is -2.53. The fourth-order valence-corrected chi connectivity index (χ4v) is 1.33. The van der Waals surface area contributed by atoms with E-state index in [0.717, 1.165) is 4.90 Å². The van der Waals surface area contributed by atoms with Crippen molar-refractivity contribution in [2.75, 3.05) is 19.6 Å². The zero-order chi connectivity index (χ0) is 13.7. The van der Waals surface area contributed by atoms with Gasteiger partial charge in [-0.05, 0) is 0 Å². The molecule has 1 unspecified atom stereocenters. The van der Waals surface area contributed by atoms with Gasteiger partial charge in [-0.2, -0.15) is 0 Å². The van der Waals surface area contributed by atoms with Crippen LogP contribution in [0.25, 0.3) is 0 Å². The topological polar surface area (TPSA) is 136 Å². The van der Waals surface area contributed by atoms with Gasteiger partial charge in [-0.15, -0.1) is 0 Å². The summed E-state index contributed by atoms with van der Waals surface area (Å²) >= 11 is 0. The van der Waals surface area contributed by atoms with Crippen molar-refractivity contribution < 1.29 is 29.4 Å². The highest BCUT2D eigenvalue weighted by Crippen LogP contribution is 1.96. The first-order valence-corrected chi connectivity index (χ1v) is 5.16. The Hall–Kier alpha value is -2.16. The van der Waals surface area contributed by atoms with Crippen LogP contribution >= 0.6 is 0 Å². The van der Waals surface area contributed by atoms with Crippen molar-refractivity contribution in [2.45, 2.75) is 12.5 Å². The van der Waals surface area contributed by atoms with E-state index in [1.165, 1.54) is 0 Å². The van der Waals surface area contributed by atoms with E-state index in [2.05, 4.69) is 5.32 Å². The number of amides is 4. The minimum atomic E-state index is -1.56. The monoisotopic (exact) mass is 259 g/mol. The first-order chi connectivity index (χ1) is 8.40. The van der Waals surface area contributed by atoms with Crippen LogP contribution in [0.1, 0.15) is 6.42 Å². The molecule has 1 heterocycles. The predicted molar refractivity (Wildman–Crippen MR) is 56.4 cm³/mol. The van der Waals surface area contributed by atoms with Gasteiger partial charge in [-0.3, -0.25) is 14.9 Å². The highest BCUT2D eigenvalue weighted by molar-refractivity contribution is 6.02. The number of rotatable bonds is 4. The molecule has 0 aliphatic carbocycles. The largest absolute Gasteiger partial charge is 0.479 e. The van der Waals surface area contributed by atoms with Crippen LogP contribution in [-0.4, -0.2) is 64.7 Å². The van der Waals surface area contributed by atoms with Crippen LogP contribution in [-0.2, 0) is 14.4 Å². The summed E-state index contributed by atoms with van der Waals surface area (Å²) in [6, 6.07) is -0.657. The molecule has 0 radical (unpaired) electrons. The van der Waals surface area contributed by atoms with E-state index in [1.807, 2.05) is 5.32 Å². The average Bonchev–Trinajstić information content (AvgIpc) is 2.27. The highest BCUT2D eigenvalue weighted by atomic mass is 16.4. The van der Waals surface area contributed by atoms with Gasteiger partial charge in [0, 0.05) is 13.0 Å². The van der Waals surface area contributed by atoms with E-state index in [0.29, 0.717) is 0 Å². The minimum absolute atomic E-state index is 0.0708. The Morgan fingerprint density at radius 1 is 1.33 bits per heavy atom.